The van der Waals surface area contributed by atoms with Crippen LogP contribution in [0.25, 0.3) is 0 Å². The van der Waals surface area contributed by atoms with Gasteiger partial charge in [0.05, 0.1) is 29.4 Å². The summed E-state index contributed by atoms with van der Waals surface area (Å²) < 4.78 is 1.79. The molecule has 1 unspecified atom stereocenters. The Morgan fingerprint density at radius 1 is 1.36 bits per heavy atom. The van der Waals surface area contributed by atoms with Crippen LogP contribution >= 0.6 is 22.9 Å². The molecule has 1 aliphatic heterocycles. The van der Waals surface area contributed by atoms with Gasteiger partial charge in [0.25, 0.3) is 0 Å². The average Bonchev–Trinajstić information content (AvgIpc) is 2.28. The third-order valence-corrected chi connectivity index (χ3v) is 3.43. The third kappa shape index (κ3) is 1.78. The van der Waals surface area contributed by atoms with E-state index < -0.39 is 0 Å². The zero-order valence-electron chi connectivity index (χ0n) is 8.03. The molecule has 1 amide bonds. The fourth-order valence-electron chi connectivity index (χ4n) is 1.79. The lowest BCUT2D eigenvalue weighted by Gasteiger charge is -2.13. The summed E-state index contributed by atoms with van der Waals surface area (Å²) in [6.07, 6.45) is 0.870. The lowest BCUT2D eigenvalue weighted by molar-refractivity contribution is -0.128. The van der Waals surface area contributed by atoms with Gasteiger partial charge in [-0.1, -0.05) is 31.2 Å². The first-order chi connectivity index (χ1) is 6.68. The van der Waals surface area contributed by atoms with Crippen LogP contribution in [0.4, 0.5) is 0 Å². The Morgan fingerprint density at radius 3 is 2.71 bits per heavy atom. The average molecular weight is 301 g/mol. The maximum atomic E-state index is 11.7. The Balaban J connectivity index is 2.39. The van der Waals surface area contributed by atoms with Gasteiger partial charge in [0.1, 0.15) is 0 Å². The van der Waals surface area contributed by atoms with Crippen molar-refractivity contribution in [2.75, 3.05) is 0 Å². The molecule has 0 N–H and O–H groups in total. The normalized spacial score (nSPS) is 21.7. The van der Waals surface area contributed by atoms with E-state index >= 15 is 0 Å². The minimum atomic E-state index is 0.107. The number of amides is 1. The van der Waals surface area contributed by atoms with Gasteiger partial charge in [0, 0.05) is 5.92 Å². The number of halogens is 1. The number of carbonyl (C=O) groups excluding carboxylic acids is 1. The number of fused-ring (bicyclic) bond motifs is 1. The van der Waals surface area contributed by atoms with Gasteiger partial charge in [-0.05, 0) is 17.5 Å². The molecular formula is C11H12INO. The van der Waals surface area contributed by atoms with Crippen molar-refractivity contribution >= 4 is 28.8 Å². The van der Waals surface area contributed by atoms with Crippen LogP contribution in [-0.2, 0) is 17.8 Å². The van der Waals surface area contributed by atoms with Crippen molar-refractivity contribution in [3.8, 4) is 0 Å². The van der Waals surface area contributed by atoms with E-state index in [1.54, 1.807) is 3.11 Å². The van der Waals surface area contributed by atoms with Gasteiger partial charge < -0.3 is 0 Å². The molecule has 0 radical (unpaired) electrons. The highest BCUT2D eigenvalue weighted by Gasteiger charge is 2.24. The van der Waals surface area contributed by atoms with E-state index in [0.717, 1.165) is 13.0 Å². The molecule has 1 aromatic carbocycles. The van der Waals surface area contributed by atoms with E-state index in [4.69, 9.17) is 0 Å². The zero-order valence-corrected chi connectivity index (χ0v) is 10.2. The lowest BCUT2D eigenvalue weighted by Crippen LogP contribution is -2.24. The summed E-state index contributed by atoms with van der Waals surface area (Å²) in [5.74, 6) is 0.345. The van der Waals surface area contributed by atoms with E-state index in [9.17, 15) is 4.79 Å². The second-order valence-electron chi connectivity index (χ2n) is 3.73. The van der Waals surface area contributed by atoms with Crippen LogP contribution in [0.15, 0.2) is 24.3 Å². The fraction of sp³-hybridized carbons (Fsp3) is 0.364. The summed E-state index contributed by atoms with van der Waals surface area (Å²) in [6, 6.07) is 8.30. The van der Waals surface area contributed by atoms with E-state index in [-0.39, 0.29) is 11.8 Å². The minimum absolute atomic E-state index is 0.107. The fourth-order valence-corrected chi connectivity index (χ4v) is 2.64. The van der Waals surface area contributed by atoms with Crippen molar-refractivity contribution in [1.29, 1.82) is 0 Å². The van der Waals surface area contributed by atoms with E-state index in [1.807, 2.05) is 19.1 Å². The summed E-state index contributed by atoms with van der Waals surface area (Å²) >= 11 is 2.10. The summed E-state index contributed by atoms with van der Waals surface area (Å²) in [7, 11) is 0. The number of hydrogen-bond donors (Lipinski definition) is 0. The molecule has 0 aromatic heterocycles. The van der Waals surface area contributed by atoms with Crippen LogP contribution in [0, 0.1) is 5.92 Å². The van der Waals surface area contributed by atoms with Gasteiger partial charge in [0.2, 0.25) is 5.91 Å². The first kappa shape index (κ1) is 9.96. The molecule has 2 rings (SSSR count). The Morgan fingerprint density at radius 2 is 2.00 bits per heavy atom. The first-order valence-electron chi connectivity index (χ1n) is 4.72. The topological polar surface area (TPSA) is 20.3 Å². The summed E-state index contributed by atoms with van der Waals surface area (Å²) in [6.45, 7) is 2.73. The second-order valence-corrected chi connectivity index (χ2v) is 4.90. The number of rotatable bonds is 0. The molecule has 0 bridgehead atoms. The number of hydrogen-bond acceptors (Lipinski definition) is 1. The van der Waals surface area contributed by atoms with E-state index in [0.29, 0.717) is 0 Å². The van der Waals surface area contributed by atoms with Crippen LogP contribution < -0.4 is 0 Å². The first-order valence-corrected chi connectivity index (χ1v) is 5.69. The number of carbonyl (C=O) groups is 1. The van der Waals surface area contributed by atoms with Crippen LogP contribution in [0.1, 0.15) is 18.1 Å². The summed E-state index contributed by atoms with van der Waals surface area (Å²) in [5, 5.41) is 0. The SMILES string of the molecule is CC1Cc2ccccc2CN(I)C1=O. The van der Waals surface area contributed by atoms with Crippen molar-refractivity contribution in [2.45, 2.75) is 19.9 Å². The Hall–Kier alpha value is -0.580. The van der Waals surface area contributed by atoms with Crippen LogP contribution in [0.5, 0.6) is 0 Å². The molecule has 1 aliphatic rings. The molecule has 14 heavy (non-hydrogen) atoms. The molecule has 1 heterocycles. The smallest absolute Gasteiger partial charge is 0.234 e. The van der Waals surface area contributed by atoms with Gasteiger partial charge in [-0.25, -0.2) is 0 Å². The van der Waals surface area contributed by atoms with Gasteiger partial charge in [-0.15, -0.1) is 0 Å². The second kappa shape index (κ2) is 3.88. The molecule has 74 valence electrons. The quantitative estimate of drug-likeness (QED) is 0.533. The van der Waals surface area contributed by atoms with Gasteiger partial charge in [-0.2, -0.15) is 0 Å². The van der Waals surface area contributed by atoms with Crippen LogP contribution in [-0.4, -0.2) is 9.02 Å². The largest absolute Gasteiger partial charge is 0.280 e. The number of benzene rings is 1. The minimum Gasteiger partial charge on any atom is -0.280 e. The van der Waals surface area contributed by atoms with Crippen molar-refractivity contribution in [1.82, 2.24) is 3.11 Å². The highest BCUT2D eigenvalue weighted by Crippen LogP contribution is 2.24. The van der Waals surface area contributed by atoms with Crippen LogP contribution in [0.3, 0.4) is 0 Å². The summed E-state index contributed by atoms with van der Waals surface area (Å²) in [4.78, 5) is 11.7. The molecular weight excluding hydrogens is 289 g/mol. The molecule has 0 saturated heterocycles. The predicted molar refractivity (Wildman–Crippen MR) is 63.9 cm³/mol. The maximum absolute atomic E-state index is 11.7. The molecule has 0 fully saturated rings. The van der Waals surface area contributed by atoms with Crippen molar-refractivity contribution < 1.29 is 4.79 Å². The Kier molecular flexibility index (Phi) is 2.76. The van der Waals surface area contributed by atoms with Crippen molar-refractivity contribution in [3.05, 3.63) is 35.4 Å². The standard InChI is InChI=1S/C11H12INO/c1-8-6-9-4-2-3-5-10(9)7-13(12)11(8)14/h2-5,8H,6-7H2,1H3. The van der Waals surface area contributed by atoms with Gasteiger partial charge >= 0.3 is 0 Å². The molecule has 0 aliphatic carbocycles. The van der Waals surface area contributed by atoms with Crippen LogP contribution in [0.2, 0.25) is 0 Å². The van der Waals surface area contributed by atoms with Crippen molar-refractivity contribution in [3.63, 3.8) is 0 Å². The molecule has 2 nitrogen and oxygen atoms in total. The van der Waals surface area contributed by atoms with Crippen molar-refractivity contribution in [2.24, 2.45) is 5.92 Å². The monoisotopic (exact) mass is 301 g/mol. The zero-order chi connectivity index (χ0) is 10.1. The highest BCUT2D eigenvalue weighted by molar-refractivity contribution is 14.1. The maximum Gasteiger partial charge on any atom is 0.234 e. The lowest BCUT2D eigenvalue weighted by atomic mass is 9.99. The molecule has 0 saturated carbocycles. The van der Waals surface area contributed by atoms with E-state index in [1.165, 1.54) is 11.1 Å². The Bertz CT molecular complexity index is 331. The van der Waals surface area contributed by atoms with Gasteiger partial charge in [0.15, 0.2) is 0 Å². The molecule has 0 spiro atoms. The summed E-state index contributed by atoms with van der Waals surface area (Å²) in [5.41, 5.74) is 2.59. The molecule has 1 atom stereocenters. The molecule has 1 aromatic rings. The highest BCUT2D eigenvalue weighted by atomic mass is 127. The molecule has 3 heteroatoms. The Labute approximate surface area is 97.8 Å². The third-order valence-electron chi connectivity index (χ3n) is 2.61. The number of nitrogens with zero attached hydrogens (tertiary/aromatic N) is 1. The van der Waals surface area contributed by atoms with Gasteiger partial charge in [-0.3, -0.25) is 7.91 Å². The predicted octanol–water partition coefficient (Wildman–Crippen LogP) is 2.56. The van der Waals surface area contributed by atoms with E-state index in [2.05, 4.69) is 35.0 Å².